The van der Waals surface area contributed by atoms with Gasteiger partial charge in [0.1, 0.15) is 0 Å². The van der Waals surface area contributed by atoms with Crippen LogP contribution in [0.2, 0.25) is 6.32 Å². The number of hydrogen-bond acceptors (Lipinski definition) is 5. The van der Waals surface area contributed by atoms with Gasteiger partial charge >= 0.3 is 7.12 Å². The van der Waals surface area contributed by atoms with Gasteiger partial charge in [-0.1, -0.05) is 0 Å². The van der Waals surface area contributed by atoms with Crippen LogP contribution in [0.5, 0.6) is 11.5 Å². The van der Waals surface area contributed by atoms with Crippen molar-refractivity contribution in [2.75, 3.05) is 20.3 Å². The standard InChI is InChI=1S/C17H19BFNO4/c1-3-23-15-5-4-14(16(19)17(15)22-2)12-6-11(8-20-9-12)13-7-18(21)24-10-13/h4-6,8-9,13,21H,3,7,10H2,1-2H3/t13-/m0/s1. The number of hydrogen-bond donors (Lipinski definition) is 1. The summed E-state index contributed by atoms with van der Waals surface area (Å²) in [4.78, 5) is 4.21. The molecule has 0 aliphatic carbocycles. The molecule has 1 saturated heterocycles. The predicted octanol–water partition coefficient (Wildman–Crippen LogP) is 2.89. The highest BCUT2D eigenvalue weighted by Gasteiger charge is 2.30. The van der Waals surface area contributed by atoms with Gasteiger partial charge in [0, 0.05) is 36.0 Å². The molecule has 0 bridgehead atoms. The lowest BCUT2D eigenvalue weighted by molar-refractivity contribution is 0.292. The van der Waals surface area contributed by atoms with E-state index in [0.717, 1.165) is 5.56 Å². The minimum Gasteiger partial charge on any atom is -0.490 e. The molecule has 1 aromatic heterocycles. The summed E-state index contributed by atoms with van der Waals surface area (Å²) in [6.45, 7) is 2.69. The minimum atomic E-state index is -0.749. The zero-order valence-corrected chi connectivity index (χ0v) is 13.7. The molecule has 0 radical (unpaired) electrons. The number of nitrogens with zero attached hydrogens (tertiary/aromatic N) is 1. The Balaban J connectivity index is 1.97. The monoisotopic (exact) mass is 331 g/mol. The number of halogens is 1. The van der Waals surface area contributed by atoms with E-state index in [1.807, 2.05) is 13.0 Å². The van der Waals surface area contributed by atoms with Crippen LogP contribution in [-0.2, 0) is 4.65 Å². The first-order valence-corrected chi connectivity index (χ1v) is 7.88. The van der Waals surface area contributed by atoms with Gasteiger partial charge in [-0.3, -0.25) is 4.98 Å². The third kappa shape index (κ3) is 3.23. The van der Waals surface area contributed by atoms with Crippen LogP contribution in [0.25, 0.3) is 11.1 Å². The molecule has 1 N–H and O–H groups in total. The summed E-state index contributed by atoms with van der Waals surface area (Å²) in [5.41, 5.74) is 1.95. The highest BCUT2D eigenvalue weighted by molar-refractivity contribution is 6.43. The van der Waals surface area contributed by atoms with Gasteiger partial charge in [0.15, 0.2) is 17.3 Å². The summed E-state index contributed by atoms with van der Waals surface area (Å²) >= 11 is 0. The minimum absolute atomic E-state index is 0.0557. The zero-order chi connectivity index (χ0) is 17.1. The van der Waals surface area contributed by atoms with Crippen molar-refractivity contribution < 1.29 is 23.5 Å². The van der Waals surface area contributed by atoms with E-state index in [1.165, 1.54) is 7.11 Å². The van der Waals surface area contributed by atoms with Crippen molar-refractivity contribution >= 4 is 7.12 Å². The number of ether oxygens (including phenoxy) is 2. The summed E-state index contributed by atoms with van der Waals surface area (Å²) in [5, 5.41) is 9.51. The number of aromatic nitrogens is 1. The summed E-state index contributed by atoms with van der Waals surface area (Å²) in [7, 11) is 0.664. The molecule has 1 aliphatic rings. The number of methoxy groups -OCH3 is 1. The van der Waals surface area contributed by atoms with E-state index in [0.29, 0.717) is 36.4 Å². The maximum Gasteiger partial charge on any atom is 0.454 e. The quantitative estimate of drug-likeness (QED) is 0.854. The van der Waals surface area contributed by atoms with E-state index in [1.54, 1.807) is 24.5 Å². The first-order valence-electron chi connectivity index (χ1n) is 7.88. The smallest absolute Gasteiger partial charge is 0.454 e. The van der Waals surface area contributed by atoms with Crippen molar-refractivity contribution in [2.45, 2.75) is 19.2 Å². The Morgan fingerprint density at radius 1 is 1.42 bits per heavy atom. The average Bonchev–Trinajstić information content (AvgIpc) is 3.02. The summed E-state index contributed by atoms with van der Waals surface area (Å²) in [6, 6.07) is 5.22. The van der Waals surface area contributed by atoms with E-state index >= 15 is 0 Å². The van der Waals surface area contributed by atoms with Crippen molar-refractivity contribution in [3.8, 4) is 22.6 Å². The van der Waals surface area contributed by atoms with E-state index in [9.17, 15) is 9.41 Å². The van der Waals surface area contributed by atoms with Crippen LogP contribution < -0.4 is 9.47 Å². The van der Waals surface area contributed by atoms with Gasteiger partial charge in [0.05, 0.1) is 13.7 Å². The number of pyridine rings is 1. The van der Waals surface area contributed by atoms with Gasteiger partial charge in [-0.05, 0) is 37.0 Å². The van der Waals surface area contributed by atoms with Gasteiger partial charge < -0.3 is 19.2 Å². The van der Waals surface area contributed by atoms with Gasteiger partial charge in [-0.25, -0.2) is 4.39 Å². The molecule has 3 rings (SSSR count). The SMILES string of the molecule is CCOc1ccc(-c2cncc([C@@H]3COB(O)C3)c2)c(F)c1OC. The Morgan fingerprint density at radius 3 is 2.92 bits per heavy atom. The lowest BCUT2D eigenvalue weighted by atomic mass is 9.80. The van der Waals surface area contributed by atoms with Crippen LogP contribution in [0.4, 0.5) is 4.39 Å². The first kappa shape index (κ1) is 16.7. The molecule has 2 heterocycles. The first-order chi connectivity index (χ1) is 11.6. The van der Waals surface area contributed by atoms with Crippen molar-refractivity contribution in [2.24, 2.45) is 0 Å². The van der Waals surface area contributed by atoms with Crippen molar-refractivity contribution in [3.05, 3.63) is 42.0 Å². The molecule has 5 nitrogen and oxygen atoms in total. The van der Waals surface area contributed by atoms with Gasteiger partial charge in [0.2, 0.25) is 0 Å². The topological polar surface area (TPSA) is 60.8 Å². The summed E-state index contributed by atoms with van der Waals surface area (Å²) in [5.74, 6) is 0.0299. The second-order valence-corrected chi connectivity index (χ2v) is 5.62. The van der Waals surface area contributed by atoms with Crippen LogP contribution in [0.1, 0.15) is 18.4 Å². The van der Waals surface area contributed by atoms with Crippen molar-refractivity contribution in [1.29, 1.82) is 0 Å². The van der Waals surface area contributed by atoms with Crippen LogP contribution in [0.3, 0.4) is 0 Å². The fraction of sp³-hybridized carbons (Fsp3) is 0.353. The summed E-state index contributed by atoms with van der Waals surface area (Å²) < 4.78 is 30.6. The third-order valence-electron chi connectivity index (χ3n) is 4.08. The fourth-order valence-corrected chi connectivity index (χ4v) is 2.89. The second kappa shape index (κ2) is 7.19. The van der Waals surface area contributed by atoms with Crippen LogP contribution in [0, 0.1) is 5.82 Å². The molecular weight excluding hydrogens is 312 g/mol. The highest BCUT2D eigenvalue weighted by atomic mass is 19.1. The Morgan fingerprint density at radius 2 is 2.25 bits per heavy atom. The summed E-state index contributed by atoms with van der Waals surface area (Å²) in [6.07, 6.45) is 3.84. The lowest BCUT2D eigenvalue weighted by Crippen LogP contribution is -2.07. The van der Waals surface area contributed by atoms with Crippen molar-refractivity contribution in [3.63, 3.8) is 0 Å². The number of benzene rings is 1. The molecular formula is C17H19BFNO4. The normalized spacial score (nSPS) is 17.2. The van der Waals surface area contributed by atoms with Gasteiger partial charge in [0.25, 0.3) is 0 Å². The molecule has 0 unspecified atom stereocenters. The van der Waals surface area contributed by atoms with E-state index in [-0.39, 0.29) is 11.7 Å². The van der Waals surface area contributed by atoms with Gasteiger partial charge in [-0.2, -0.15) is 0 Å². The molecule has 2 aromatic rings. The maximum absolute atomic E-state index is 14.8. The van der Waals surface area contributed by atoms with Crippen LogP contribution >= 0.6 is 0 Å². The Hall–Kier alpha value is -2.12. The largest absolute Gasteiger partial charge is 0.490 e. The zero-order valence-electron chi connectivity index (χ0n) is 13.7. The Kier molecular flexibility index (Phi) is 5.01. The molecule has 0 amide bonds. The molecule has 1 fully saturated rings. The Labute approximate surface area is 140 Å². The molecule has 0 spiro atoms. The maximum atomic E-state index is 14.8. The molecule has 7 heteroatoms. The van der Waals surface area contributed by atoms with E-state index in [2.05, 4.69) is 4.98 Å². The highest BCUT2D eigenvalue weighted by Crippen LogP contribution is 2.37. The second-order valence-electron chi connectivity index (χ2n) is 5.62. The third-order valence-corrected chi connectivity index (χ3v) is 4.08. The molecule has 1 atom stereocenters. The Bertz CT molecular complexity index is 728. The van der Waals surface area contributed by atoms with Crippen LogP contribution in [0.15, 0.2) is 30.6 Å². The average molecular weight is 331 g/mol. The number of rotatable bonds is 5. The van der Waals surface area contributed by atoms with E-state index in [4.69, 9.17) is 14.1 Å². The molecule has 1 aliphatic heterocycles. The van der Waals surface area contributed by atoms with E-state index < -0.39 is 12.9 Å². The van der Waals surface area contributed by atoms with Crippen LogP contribution in [-0.4, -0.2) is 37.4 Å². The molecule has 126 valence electrons. The van der Waals surface area contributed by atoms with Crippen molar-refractivity contribution in [1.82, 2.24) is 4.98 Å². The molecule has 1 aromatic carbocycles. The molecule has 0 saturated carbocycles. The fourth-order valence-electron chi connectivity index (χ4n) is 2.89. The predicted molar refractivity (Wildman–Crippen MR) is 88.8 cm³/mol. The van der Waals surface area contributed by atoms with Gasteiger partial charge in [-0.15, -0.1) is 0 Å². The lowest BCUT2D eigenvalue weighted by Gasteiger charge is -2.14. The molecule has 24 heavy (non-hydrogen) atoms.